The molecule has 0 aliphatic carbocycles. The van der Waals surface area contributed by atoms with Crippen LogP contribution in [0.3, 0.4) is 0 Å². The Bertz CT molecular complexity index is 964. The van der Waals surface area contributed by atoms with Gasteiger partial charge in [0.2, 0.25) is 0 Å². The van der Waals surface area contributed by atoms with Crippen molar-refractivity contribution in [2.24, 2.45) is 0 Å². The van der Waals surface area contributed by atoms with Crippen LogP contribution in [-0.4, -0.2) is 47.5 Å². The maximum Gasteiger partial charge on any atom is 0.433 e. The number of nitrogens with one attached hydrogen (secondary N) is 2. The maximum absolute atomic E-state index is 12.6. The van der Waals surface area contributed by atoms with Crippen LogP contribution in [0.5, 0.6) is 17.2 Å². The maximum atomic E-state index is 12.6. The van der Waals surface area contributed by atoms with E-state index in [-0.39, 0.29) is 5.75 Å². The van der Waals surface area contributed by atoms with Crippen molar-refractivity contribution in [3.63, 3.8) is 0 Å². The minimum absolute atomic E-state index is 0.253. The zero-order chi connectivity index (χ0) is 21.7. The van der Waals surface area contributed by atoms with Crippen LogP contribution < -0.4 is 19.7 Å². The molecule has 2 N–H and O–H groups in total. The first-order valence-corrected chi connectivity index (χ1v) is 9.88. The molecule has 1 atom stereocenters. The van der Waals surface area contributed by atoms with E-state index in [0.29, 0.717) is 18.4 Å². The molecular weight excluding hydrogens is 411 g/mol. The van der Waals surface area contributed by atoms with Crippen LogP contribution in [0.25, 0.3) is 0 Å². The van der Waals surface area contributed by atoms with Crippen molar-refractivity contribution in [2.75, 3.05) is 31.1 Å². The van der Waals surface area contributed by atoms with Gasteiger partial charge in [-0.15, -0.1) is 0 Å². The van der Waals surface area contributed by atoms with E-state index >= 15 is 0 Å². The molecule has 7 nitrogen and oxygen atoms in total. The van der Waals surface area contributed by atoms with Crippen LogP contribution in [0.2, 0.25) is 0 Å². The van der Waals surface area contributed by atoms with Crippen LogP contribution in [0, 0.1) is 0 Å². The van der Waals surface area contributed by atoms with Crippen molar-refractivity contribution in [3.8, 4) is 17.2 Å². The molecule has 0 bridgehead atoms. The second-order valence-corrected chi connectivity index (χ2v) is 7.14. The standard InChI is InChI=1S/C21H22F3N5O2/c22-21(23,24)20-5-4-18(11-26-20)31-17-3-1-2-16(10-17)29-8-6-15(14-29)25-7-9-30-19-12-27-28-13-19/h1-5,10-13,15,25H,6-9,14H2,(H,27,28)/t15-/m0/s1. The molecule has 1 saturated heterocycles. The fourth-order valence-electron chi connectivity index (χ4n) is 3.40. The first kappa shape index (κ1) is 21.0. The fourth-order valence-corrected chi connectivity index (χ4v) is 3.40. The molecule has 3 heterocycles. The number of anilines is 1. The number of alkyl halides is 3. The van der Waals surface area contributed by atoms with Crippen LogP contribution >= 0.6 is 0 Å². The molecule has 4 rings (SSSR count). The third-order valence-corrected chi connectivity index (χ3v) is 4.91. The minimum Gasteiger partial charge on any atom is -0.489 e. The molecule has 0 radical (unpaired) electrons. The highest BCUT2D eigenvalue weighted by atomic mass is 19.4. The van der Waals surface area contributed by atoms with Gasteiger partial charge in [0.25, 0.3) is 0 Å². The topological polar surface area (TPSA) is 75.3 Å². The molecule has 0 unspecified atom stereocenters. The Morgan fingerprint density at radius 2 is 2.03 bits per heavy atom. The van der Waals surface area contributed by atoms with Crippen molar-refractivity contribution in [1.29, 1.82) is 0 Å². The molecule has 1 aliphatic rings. The van der Waals surface area contributed by atoms with Gasteiger partial charge in [-0.1, -0.05) is 6.07 Å². The molecule has 2 aromatic heterocycles. The highest BCUT2D eigenvalue weighted by Gasteiger charge is 2.32. The predicted octanol–water partition coefficient (Wildman–Crippen LogP) is 3.86. The summed E-state index contributed by atoms with van der Waals surface area (Å²) in [6.45, 7) is 3.02. The van der Waals surface area contributed by atoms with E-state index in [2.05, 4.69) is 25.4 Å². The van der Waals surface area contributed by atoms with Gasteiger partial charge in [-0.05, 0) is 30.7 Å². The van der Waals surface area contributed by atoms with Crippen LogP contribution in [0.4, 0.5) is 18.9 Å². The Balaban J connectivity index is 1.28. The lowest BCUT2D eigenvalue weighted by atomic mass is 10.2. The molecular formula is C21H22F3N5O2. The molecule has 164 valence electrons. The van der Waals surface area contributed by atoms with Gasteiger partial charge >= 0.3 is 6.18 Å². The van der Waals surface area contributed by atoms with Crippen LogP contribution in [0.1, 0.15) is 12.1 Å². The average Bonchev–Trinajstić information content (AvgIpc) is 3.43. The molecule has 1 aromatic carbocycles. The van der Waals surface area contributed by atoms with E-state index in [1.807, 2.05) is 18.2 Å². The van der Waals surface area contributed by atoms with Crippen molar-refractivity contribution >= 4 is 5.69 Å². The molecule has 31 heavy (non-hydrogen) atoms. The summed E-state index contributed by atoms with van der Waals surface area (Å²) in [7, 11) is 0. The second-order valence-electron chi connectivity index (χ2n) is 7.14. The number of hydrogen-bond donors (Lipinski definition) is 2. The first-order valence-electron chi connectivity index (χ1n) is 9.88. The van der Waals surface area contributed by atoms with Gasteiger partial charge in [-0.2, -0.15) is 18.3 Å². The van der Waals surface area contributed by atoms with Crippen molar-refractivity contribution in [3.05, 3.63) is 60.7 Å². The number of H-pyrrole nitrogens is 1. The predicted molar refractivity (Wildman–Crippen MR) is 108 cm³/mol. The summed E-state index contributed by atoms with van der Waals surface area (Å²) in [5.74, 6) is 1.52. The lowest BCUT2D eigenvalue weighted by molar-refractivity contribution is -0.141. The zero-order valence-electron chi connectivity index (χ0n) is 16.6. The van der Waals surface area contributed by atoms with Crippen molar-refractivity contribution in [2.45, 2.75) is 18.6 Å². The van der Waals surface area contributed by atoms with Gasteiger partial charge < -0.3 is 19.7 Å². The largest absolute Gasteiger partial charge is 0.489 e. The highest BCUT2D eigenvalue weighted by Crippen LogP contribution is 2.31. The molecule has 1 fully saturated rings. The minimum atomic E-state index is -4.47. The SMILES string of the molecule is FC(F)(F)c1ccc(Oc2cccc(N3CC[C@H](NCCOc4cn[nH]c4)C3)c2)cn1. The molecule has 0 spiro atoms. The summed E-state index contributed by atoms with van der Waals surface area (Å²) >= 11 is 0. The normalized spacial score (nSPS) is 16.5. The molecule has 0 saturated carbocycles. The number of benzene rings is 1. The van der Waals surface area contributed by atoms with Gasteiger partial charge in [0.05, 0.1) is 18.6 Å². The number of aromatic amines is 1. The summed E-state index contributed by atoms with van der Waals surface area (Å²) in [5, 5.41) is 10.0. The van der Waals surface area contributed by atoms with E-state index in [4.69, 9.17) is 9.47 Å². The lowest BCUT2D eigenvalue weighted by Crippen LogP contribution is -2.35. The first-order chi connectivity index (χ1) is 15.0. The van der Waals surface area contributed by atoms with Gasteiger partial charge in [0, 0.05) is 37.4 Å². The van der Waals surface area contributed by atoms with Gasteiger partial charge in [0.1, 0.15) is 23.8 Å². The zero-order valence-corrected chi connectivity index (χ0v) is 16.6. The van der Waals surface area contributed by atoms with E-state index in [1.165, 1.54) is 6.07 Å². The number of halogens is 3. The molecule has 0 amide bonds. The molecule has 10 heteroatoms. The third-order valence-electron chi connectivity index (χ3n) is 4.91. The van der Waals surface area contributed by atoms with E-state index < -0.39 is 11.9 Å². The lowest BCUT2D eigenvalue weighted by Gasteiger charge is -2.20. The number of aromatic nitrogens is 3. The fraction of sp³-hybridized carbons (Fsp3) is 0.333. The average molecular weight is 433 g/mol. The summed E-state index contributed by atoms with van der Waals surface area (Å²) < 4.78 is 49.2. The smallest absolute Gasteiger partial charge is 0.433 e. The summed E-state index contributed by atoms with van der Waals surface area (Å²) in [6.07, 6.45) is 0.945. The van der Waals surface area contributed by atoms with Crippen molar-refractivity contribution in [1.82, 2.24) is 20.5 Å². The quantitative estimate of drug-likeness (QED) is 0.526. The van der Waals surface area contributed by atoms with Gasteiger partial charge in [-0.25, -0.2) is 4.98 Å². The Hall–Kier alpha value is -3.27. The van der Waals surface area contributed by atoms with E-state index in [1.54, 1.807) is 18.5 Å². The number of hydrogen-bond acceptors (Lipinski definition) is 6. The molecule has 3 aromatic rings. The van der Waals surface area contributed by atoms with E-state index in [0.717, 1.165) is 49.8 Å². The van der Waals surface area contributed by atoms with Crippen molar-refractivity contribution < 1.29 is 22.6 Å². The third kappa shape index (κ3) is 5.66. The van der Waals surface area contributed by atoms with Crippen LogP contribution in [0.15, 0.2) is 55.0 Å². The second kappa shape index (κ2) is 9.25. The monoisotopic (exact) mass is 433 g/mol. The Kier molecular flexibility index (Phi) is 6.26. The Morgan fingerprint density at radius 3 is 2.77 bits per heavy atom. The molecule has 1 aliphatic heterocycles. The summed E-state index contributed by atoms with van der Waals surface area (Å²) in [5.41, 5.74) is 0.0516. The van der Waals surface area contributed by atoms with Gasteiger partial charge in [-0.3, -0.25) is 5.10 Å². The Labute approximate surface area is 177 Å². The summed E-state index contributed by atoms with van der Waals surface area (Å²) in [4.78, 5) is 5.67. The highest BCUT2D eigenvalue weighted by molar-refractivity contribution is 5.52. The Morgan fingerprint density at radius 1 is 1.13 bits per heavy atom. The van der Waals surface area contributed by atoms with Gasteiger partial charge in [0.15, 0.2) is 5.75 Å². The van der Waals surface area contributed by atoms with Crippen LogP contribution in [-0.2, 0) is 6.18 Å². The number of pyridine rings is 1. The summed E-state index contributed by atoms with van der Waals surface area (Å²) in [6, 6.07) is 10.0. The van der Waals surface area contributed by atoms with E-state index in [9.17, 15) is 13.2 Å². The number of rotatable bonds is 8. The number of ether oxygens (including phenoxy) is 2. The number of nitrogens with zero attached hydrogens (tertiary/aromatic N) is 3.